The van der Waals surface area contributed by atoms with Gasteiger partial charge in [-0.2, -0.15) is 0 Å². The highest BCUT2D eigenvalue weighted by Gasteiger charge is 2.14. The summed E-state index contributed by atoms with van der Waals surface area (Å²) in [4.78, 5) is 11.5. The molecule has 1 aromatic rings. The molecule has 1 aromatic carbocycles. The molecule has 16 heavy (non-hydrogen) atoms. The third kappa shape index (κ3) is 3.92. The number of halogens is 1. The van der Waals surface area contributed by atoms with Crippen LogP contribution in [0.2, 0.25) is 0 Å². The number of carbonyl (C=O) groups is 1. The van der Waals surface area contributed by atoms with Crippen molar-refractivity contribution < 1.29 is 9.53 Å². The smallest absolute Gasteiger partial charge is 0.250 e. The van der Waals surface area contributed by atoms with Crippen LogP contribution in [0.15, 0.2) is 28.7 Å². The molecule has 88 valence electrons. The highest BCUT2D eigenvalue weighted by Crippen LogP contribution is 2.11. The number of hydrogen-bond donors (Lipinski definition) is 2. The zero-order valence-electron chi connectivity index (χ0n) is 9.07. The summed E-state index contributed by atoms with van der Waals surface area (Å²) in [5, 5.41) is 2.76. The Morgan fingerprint density at radius 1 is 1.62 bits per heavy atom. The van der Waals surface area contributed by atoms with E-state index in [2.05, 4.69) is 21.2 Å². The van der Waals surface area contributed by atoms with E-state index in [9.17, 15) is 4.79 Å². The first-order valence-corrected chi connectivity index (χ1v) is 5.71. The molecule has 0 saturated heterocycles. The molecular weight excluding hydrogens is 272 g/mol. The first kappa shape index (κ1) is 13.2. The van der Waals surface area contributed by atoms with Crippen molar-refractivity contribution >= 4 is 21.8 Å². The second-order valence-electron chi connectivity index (χ2n) is 3.31. The van der Waals surface area contributed by atoms with Gasteiger partial charge in [0.05, 0.1) is 0 Å². The van der Waals surface area contributed by atoms with Crippen molar-refractivity contribution in [3.8, 4) is 0 Å². The third-order valence-corrected chi connectivity index (χ3v) is 2.64. The number of nitrogens with two attached hydrogens (primary N) is 1. The highest BCUT2D eigenvalue weighted by molar-refractivity contribution is 9.10. The van der Waals surface area contributed by atoms with Crippen LogP contribution in [0.3, 0.4) is 0 Å². The van der Waals surface area contributed by atoms with Crippen LogP contribution in [-0.2, 0) is 16.1 Å². The van der Waals surface area contributed by atoms with Gasteiger partial charge < -0.3 is 15.8 Å². The zero-order valence-corrected chi connectivity index (χ0v) is 10.7. The van der Waals surface area contributed by atoms with Crippen molar-refractivity contribution in [3.63, 3.8) is 0 Å². The molecule has 3 N–H and O–H groups in total. The molecule has 1 rings (SSSR count). The monoisotopic (exact) mass is 286 g/mol. The first-order valence-electron chi connectivity index (χ1n) is 4.92. The molecule has 0 saturated carbocycles. The molecule has 4 nitrogen and oxygen atoms in total. The van der Waals surface area contributed by atoms with E-state index in [4.69, 9.17) is 10.5 Å². The van der Waals surface area contributed by atoms with Crippen molar-refractivity contribution in [2.45, 2.75) is 12.6 Å². The minimum Gasteiger partial charge on any atom is -0.370 e. The van der Waals surface area contributed by atoms with Crippen molar-refractivity contribution in [2.24, 2.45) is 5.73 Å². The van der Waals surface area contributed by atoms with Gasteiger partial charge in [-0.05, 0) is 17.7 Å². The number of benzene rings is 1. The molecule has 0 fully saturated rings. The number of methoxy groups -OCH3 is 1. The number of nitrogens with one attached hydrogen (secondary N) is 1. The fourth-order valence-corrected chi connectivity index (χ4v) is 1.71. The van der Waals surface area contributed by atoms with Gasteiger partial charge in [0.2, 0.25) is 0 Å². The van der Waals surface area contributed by atoms with Crippen molar-refractivity contribution in [3.05, 3.63) is 34.3 Å². The van der Waals surface area contributed by atoms with Crippen LogP contribution in [0.4, 0.5) is 0 Å². The fraction of sp³-hybridized carbons (Fsp3) is 0.364. The van der Waals surface area contributed by atoms with Crippen LogP contribution in [0.5, 0.6) is 0 Å². The molecule has 1 atom stereocenters. The Bertz CT molecular complexity index is 354. The van der Waals surface area contributed by atoms with Gasteiger partial charge in [0.15, 0.2) is 0 Å². The highest BCUT2D eigenvalue weighted by atomic mass is 79.9. The first-order chi connectivity index (χ1) is 7.67. The van der Waals surface area contributed by atoms with E-state index in [1.807, 2.05) is 24.3 Å². The Balaban J connectivity index is 2.48. The van der Waals surface area contributed by atoms with Crippen LogP contribution in [0.1, 0.15) is 5.56 Å². The summed E-state index contributed by atoms with van der Waals surface area (Å²) < 4.78 is 5.91. The lowest BCUT2D eigenvalue weighted by molar-refractivity contribution is -0.130. The lowest BCUT2D eigenvalue weighted by atomic mass is 10.2. The third-order valence-electron chi connectivity index (χ3n) is 2.15. The summed E-state index contributed by atoms with van der Waals surface area (Å²) in [5.74, 6) is -0.190. The van der Waals surface area contributed by atoms with E-state index in [0.717, 1.165) is 10.0 Å². The zero-order chi connectivity index (χ0) is 12.0. The van der Waals surface area contributed by atoms with E-state index < -0.39 is 6.10 Å². The predicted molar refractivity (Wildman–Crippen MR) is 65.8 cm³/mol. The molecule has 0 spiro atoms. The second-order valence-corrected chi connectivity index (χ2v) is 4.22. The molecule has 0 aromatic heterocycles. The van der Waals surface area contributed by atoms with Gasteiger partial charge in [-0.15, -0.1) is 0 Å². The van der Waals surface area contributed by atoms with Gasteiger partial charge in [0.25, 0.3) is 5.91 Å². The molecule has 0 radical (unpaired) electrons. The van der Waals surface area contributed by atoms with Gasteiger partial charge >= 0.3 is 0 Å². The van der Waals surface area contributed by atoms with Gasteiger partial charge in [0, 0.05) is 24.7 Å². The molecule has 1 unspecified atom stereocenters. The Morgan fingerprint density at radius 2 is 2.38 bits per heavy atom. The van der Waals surface area contributed by atoms with E-state index in [1.165, 1.54) is 7.11 Å². The second kappa shape index (κ2) is 6.62. The van der Waals surface area contributed by atoms with E-state index >= 15 is 0 Å². The Hall–Kier alpha value is -0.910. The average molecular weight is 287 g/mol. The number of rotatable bonds is 5. The number of carbonyl (C=O) groups excluding carboxylic acids is 1. The summed E-state index contributed by atoms with van der Waals surface area (Å²) in [6, 6.07) is 7.74. The maximum absolute atomic E-state index is 11.5. The van der Waals surface area contributed by atoms with E-state index in [1.54, 1.807) is 0 Å². The van der Waals surface area contributed by atoms with Gasteiger partial charge in [0.1, 0.15) is 6.10 Å². The normalized spacial score (nSPS) is 12.2. The summed E-state index contributed by atoms with van der Waals surface area (Å²) in [6.07, 6.45) is -0.577. The Labute approximate surface area is 103 Å². The molecule has 0 aliphatic carbocycles. The summed E-state index contributed by atoms with van der Waals surface area (Å²) in [5.41, 5.74) is 6.41. The topological polar surface area (TPSA) is 64.3 Å². The fourth-order valence-electron chi connectivity index (χ4n) is 1.26. The van der Waals surface area contributed by atoms with Crippen LogP contribution < -0.4 is 11.1 Å². The minimum atomic E-state index is -0.577. The van der Waals surface area contributed by atoms with Crippen LogP contribution in [0.25, 0.3) is 0 Å². The molecule has 1 amide bonds. The van der Waals surface area contributed by atoms with Gasteiger partial charge in [-0.25, -0.2) is 0 Å². The van der Waals surface area contributed by atoms with Crippen LogP contribution in [-0.4, -0.2) is 25.7 Å². The van der Waals surface area contributed by atoms with Crippen molar-refractivity contribution in [2.75, 3.05) is 13.7 Å². The minimum absolute atomic E-state index is 0.181. The SMILES string of the molecule is COC(CN)C(=O)NCc1cccc(Br)c1. The summed E-state index contributed by atoms with van der Waals surface area (Å²) in [6.45, 7) is 0.652. The largest absolute Gasteiger partial charge is 0.370 e. The maximum Gasteiger partial charge on any atom is 0.250 e. The van der Waals surface area contributed by atoms with Crippen molar-refractivity contribution in [1.29, 1.82) is 0 Å². The molecular formula is C11H15BrN2O2. The standard InChI is InChI=1S/C11H15BrN2O2/c1-16-10(6-13)11(15)14-7-8-3-2-4-9(12)5-8/h2-5,10H,6-7,13H2,1H3,(H,14,15). The number of hydrogen-bond acceptors (Lipinski definition) is 3. The Morgan fingerprint density at radius 3 is 2.94 bits per heavy atom. The Kier molecular flexibility index (Phi) is 5.45. The van der Waals surface area contributed by atoms with Crippen LogP contribution in [0, 0.1) is 0 Å². The molecule has 0 aliphatic rings. The van der Waals surface area contributed by atoms with E-state index in [-0.39, 0.29) is 12.5 Å². The van der Waals surface area contributed by atoms with Gasteiger partial charge in [-0.3, -0.25) is 4.79 Å². The van der Waals surface area contributed by atoms with Gasteiger partial charge in [-0.1, -0.05) is 28.1 Å². The molecule has 0 bridgehead atoms. The predicted octanol–water partition coefficient (Wildman–Crippen LogP) is 1.04. The van der Waals surface area contributed by atoms with Crippen LogP contribution >= 0.6 is 15.9 Å². The molecule has 0 aliphatic heterocycles. The summed E-state index contributed by atoms with van der Waals surface area (Å²) >= 11 is 3.37. The lowest BCUT2D eigenvalue weighted by Crippen LogP contribution is -2.40. The lowest BCUT2D eigenvalue weighted by Gasteiger charge is -2.13. The maximum atomic E-state index is 11.5. The summed E-state index contributed by atoms with van der Waals surface area (Å²) in [7, 11) is 1.47. The average Bonchev–Trinajstić information content (AvgIpc) is 2.28. The number of amides is 1. The van der Waals surface area contributed by atoms with E-state index in [0.29, 0.717) is 6.54 Å². The van der Waals surface area contributed by atoms with Crippen molar-refractivity contribution in [1.82, 2.24) is 5.32 Å². The molecule has 5 heteroatoms. The molecule has 0 heterocycles. The number of ether oxygens (including phenoxy) is 1. The quantitative estimate of drug-likeness (QED) is 0.850.